The molecule has 104 valence electrons. The van der Waals surface area contributed by atoms with Crippen LogP contribution in [0.5, 0.6) is 0 Å². The standard InChI is InChI=1S/C15H11N3O3/c1-10-13-7-2-3-8-14(13)15(19)17(16-10)11-5-4-6-12(9-11)18(20)21/h2-9H,1H3. The second-order valence-electron chi connectivity index (χ2n) is 4.62. The first-order valence-corrected chi connectivity index (χ1v) is 6.31. The minimum absolute atomic E-state index is 0.0768. The lowest BCUT2D eigenvalue weighted by molar-refractivity contribution is -0.384. The number of nitro groups is 1. The molecule has 6 nitrogen and oxygen atoms in total. The maximum absolute atomic E-state index is 12.5. The van der Waals surface area contributed by atoms with Crippen molar-refractivity contribution in [2.75, 3.05) is 0 Å². The lowest BCUT2D eigenvalue weighted by Gasteiger charge is -2.08. The van der Waals surface area contributed by atoms with Crippen molar-refractivity contribution in [2.24, 2.45) is 0 Å². The van der Waals surface area contributed by atoms with Gasteiger partial charge in [-0.2, -0.15) is 9.78 Å². The van der Waals surface area contributed by atoms with E-state index in [0.717, 1.165) is 5.39 Å². The monoisotopic (exact) mass is 281 g/mol. The fourth-order valence-corrected chi connectivity index (χ4v) is 2.26. The SMILES string of the molecule is Cc1nn(-c2cccc([N+](=O)[O-])c2)c(=O)c2ccccc12. The van der Waals surface area contributed by atoms with Crippen molar-refractivity contribution in [3.05, 3.63) is 74.7 Å². The Labute approximate surface area is 119 Å². The number of benzene rings is 2. The number of aromatic nitrogens is 2. The molecule has 0 aliphatic carbocycles. The summed E-state index contributed by atoms with van der Waals surface area (Å²) in [5.74, 6) is 0. The van der Waals surface area contributed by atoms with E-state index in [9.17, 15) is 14.9 Å². The first-order chi connectivity index (χ1) is 10.1. The summed E-state index contributed by atoms with van der Waals surface area (Å²) in [6.07, 6.45) is 0. The molecule has 0 N–H and O–H groups in total. The number of nitrogens with zero attached hydrogens (tertiary/aromatic N) is 3. The molecule has 2 aromatic carbocycles. The van der Waals surface area contributed by atoms with Crippen molar-refractivity contribution in [3.8, 4) is 5.69 Å². The molecule has 0 saturated heterocycles. The Hall–Kier alpha value is -3.02. The Bertz CT molecular complexity index is 915. The second-order valence-corrected chi connectivity index (χ2v) is 4.62. The molecule has 1 aromatic heterocycles. The third kappa shape index (κ3) is 2.16. The molecule has 0 atom stereocenters. The largest absolute Gasteiger partial charge is 0.279 e. The van der Waals surface area contributed by atoms with Crippen LogP contribution < -0.4 is 5.56 Å². The number of non-ortho nitro benzene ring substituents is 1. The van der Waals surface area contributed by atoms with Crippen LogP contribution in [0.4, 0.5) is 5.69 Å². The first-order valence-electron chi connectivity index (χ1n) is 6.31. The third-order valence-electron chi connectivity index (χ3n) is 3.27. The van der Waals surface area contributed by atoms with Gasteiger partial charge in [-0.05, 0) is 19.1 Å². The average Bonchev–Trinajstić information content (AvgIpc) is 2.51. The molecule has 0 aliphatic heterocycles. The Kier molecular flexibility index (Phi) is 2.98. The first kappa shape index (κ1) is 13.0. The van der Waals surface area contributed by atoms with Gasteiger partial charge in [-0.15, -0.1) is 0 Å². The van der Waals surface area contributed by atoms with Crippen LogP contribution in [0.3, 0.4) is 0 Å². The number of hydrogen-bond donors (Lipinski definition) is 0. The van der Waals surface area contributed by atoms with E-state index in [1.54, 1.807) is 25.1 Å². The van der Waals surface area contributed by atoms with Gasteiger partial charge in [0.2, 0.25) is 0 Å². The fraction of sp³-hybridized carbons (Fsp3) is 0.0667. The van der Waals surface area contributed by atoms with Crippen molar-refractivity contribution >= 4 is 16.5 Å². The van der Waals surface area contributed by atoms with Gasteiger partial charge in [0, 0.05) is 17.5 Å². The van der Waals surface area contributed by atoms with Gasteiger partial charge in [-0.1, -0.05) is 24.3 Å². The smallest absolute Gasteiger partial charge is 0.267 e. The number of rotatable bonds is 2. The lowest BCUT2D eigenvalue weighted by atomic mass is 10.1. The normalized spacial score (nSPS) is 10.7. The van der Waals surface area contributed by atoms with E-state index in [2.05, 4.69) is 5.10 Å². The maximum atomic E-state index is 12.5. The molecule has 0 aliphatic rings. The molecule has 3 rings (SSSR count). The van der Waals surface area contributed by atoms with Crippen LogP contribution in [-0.2, 0) is 0 Å². The highest BCUT2D eigenvalue weighted by molar-refractivity contribution is 5.83. The van der Waals surface area contributed by atoms with E-state index in [4.69, 9.17) is 0 Å². The minimum atomic E-state index is -0.498. The highest BCUT2D eigenvalue weighted by Crippen LogP contribution is 2.17. The average molecular weight is 281 g/mol. The highest BCUT2D eigenvalue weighted by Gasteiger charge is 2.12. The topological polar surface area (TPSA) is 78.0 Å². The van der Waals surface area contributed by atoms with Crippen molar-refractivity contribution in [1.82, 2.24) is 9.78 Å². The molecule has 21 heavy (non-hydrogen) atoms. The summed E-state index contributed by atoms with van der Waals surface area (Å²) < 4.78 is 1.20. The van der Waals surface area contributed by atoms with Gasteiger partial charge in [-0.3, -0.25) is 14.9 Å². The van der Waals surface area contributed by atoms with Gasteiger partial charge >= 0.3 is 0 Å². The minimum Gasteiger partial charge on any atom is -0.267 e. The van der Waals surface area contributed by atoms with Crippen LogP contribution in [-0.4, -0.2) is 14.7 Å². The van der Waals surface area contributed by atoms with E-state index in [1.807, 2.05) is 12.1 Å². The number of nitro benzene ring substituents is 1. The molecule has 6 heteroatoms. The van der Waals surface area contributed by atoms with E-state index in [1.165, 1.54) is 22.9 Å². The van der Waals surface area contributed by atoms with E-state index < -0.39 is 4.92 Å². The summed E-state index contributed by atoms with van der Waals surface area (Å²) in [5.41, 5.74) is 0.698. The van der Waals surface area contributed by atoms with E-state index >= 15 is 0 Å². The molecule has 1 heterocycles. The van der Waals surface area contributed by atoms with Crippen LogP contribution in [0.25, 0.3) is 16.5 Å². The van der Waals surface area contributed by atoms with Crippen molar-refractivity contribution in [1.29, 1.82) is 0 Å². The molecule has 0 radical (unpaired) electrons. The highest BCUT2D eigenvalue weighted by atomic mass is 16.6. The summed E-state index contributed by atoms with van der Waals surface area (Å²) in [4.78, 5) is 22.8. The summed E-state index contributed by atoms with van der Waals surface area (Å²) in [5, 5.41) is 16.4. The van der Waals surface area contributed by atoms with Crippen LogP contribution in [0.2, 0.25) is 0 Å². The Morgan fingerprint density at radius 3 is 2.52 bits per heavy atom. The van der Waals surface area contributed by atoms with Crippen molar-refractivity contribution < 1.29 is 4.92 Å². The number of aryl methyl sites for hydroxylation is 1. The maximum Gasteiger partial charge on any atom is 0.279 e. The van der Waals surface area contributed by atoms with Gasteiger partial charge < -0.3 is 0 Å². The fourth-order valence-electron chi connectivity index (χ4n) is 2.26. The summed E-state index contributed by atoms with van der Waals surface area (Å²) >= 11 is 0. The molecular weight excluding hydrogens is 270 g/mol. The molecular formula is C15H11N3O3. The zero-order valence-corrected chi connectivity index (χ0v) is 11.2. The molecule has 0 saturated carbocycles. The summed E-state index contributed by atoms with van der Waals surface area (Å²) in [6.45, 7) is 1.80. The number of hydrogen-bond acceptors (Lipinski definition) is 4. The molecule has 0 spiro atoms. The molecule has 3 aromatic rings. The molecule has 0 unspecified atom stereocenters. The predicted octanol–water partition coefficient (Wildman–Crippen LogP) is 2.60. The van der Waals surface area contributed by atoms with Crippen LogP contribution in [0.1, 0.15) is 5.69 Å². The van der Waals surface area contributed by atoms with Gasteiger partial charge in [0.15, 0.2) is 0 Å². The Morgan fingerprint density at radius 2 is 1.81 bits per heavy atom. The Balaban J connectivity index is 2.31. The second kappa shape index (κ2) is 4.82. The van der Waals surface area contributed by atoms with Gasteiger partial charge in [0.05, 0.1) is 21.7 Å². The lowest BCUT2D eigenvalue weighted by Crippen LogP contribution is -2.22. The van der Waals surface area contributed by atoms with Crippen molar-refractivity contribution in [3.63, 3.8) is 0 Å². The van der Waals surface area contributed by atoms with Gasteiger partial charge in [0.25, 0.3) is 11.2 Å². The zero-order chi connectivity index (χ0) is 15.0. The third-order valence-corrected chi connectivity index (χ3v) is 3.27. The quantitative estimate of drug-likeness (QED) is 0.534. The van der Waals surface area contributed by atoms with Crippen LogP contribution in [0.15, 0.2) is 53.3 Å². The van der Waals surface area contributed by atoms with Crippen molar-refractivity contribution in [2.45, 2.75) is 6.92 Å². The summed E-state index contributed by atoms with van der Waals surface area (Å²) in [6, 6.07) is 13.0. The summed E-state index contributed by atoms with van der Waals surface area (Å²) in [7, 11) is 0. The molecule has 0 fully saturated rings. The van der Waals surface area contributed by atoms with Crippen LogP contribution >= 0.6 is 0 Å². The van der Waals surface area contributed by atoms with Gasteiger partial charge in [0.1, 0.15) is 0 Å². The van der Waals surface area contributed by atoms with E-state index in [-0.39, 0.29) is 11.2 Å². The number of fused-ring (bicyclic) bond motifs is 1. The zero-order valence-electron chi connectivity index (χ0n) is 11.2. The van der Waals surface area contributed by atoms with Gasteiger partial charge in [-0.25, -0.2) is 0 Å². The predicted molar refractivity (Wildman–Crippen MR) is 78.7 cm³/mol. The molecule has 0 bridgehead atoms. The van der Waals surface area contributed by atoms with E-state index in [0.29, 0.717) is 16.8 Å². The Morgan fingerprint density at radius 1 is 1.10 bits per heavy atom. The molecule has 0 amide bonds. The van der Waals surface area contributed by atoms with Crippen LogP contribution in [0, 0.1) is 17.0 Å².